The fourth-order valence-corrected chi connectivity index (χ4v) is 3.71. The number of benzene rings is 1. The number of nitrogens with one attached hydrogen (secondary N) is 1. The minimum atomic E-state index is 0.221. The van der Waals surface area contributed by atoms with Crippen molar-refractivity contribution in [2.24, 2.45) is 0 Å². The smallest absolute Gasteiger partial charge is 0.124 e. The third kappa shape index (κ3) is 3.67. The first kappa shape index (κ1) is 16.3. The lowest BCUT2D eigenvalue weighted by atomic mass is 9.99. The molecule has 23 heavy (non-hydrogen) atoms. The lowest BCUT2D eigenvalue weighted by Crippen LogP contribution is -2.29. The maximum Gasteiger partial charge on any atom is 0.124 e. The molecule has 0 saturated carbocycles. The van der Waals surface area contributed by atoms with Crippen LogP contribution in [0.4, 0.5) is 0 Å². The zero-order valence-electron chi connectivity index (χ0n) is 14.0. The van der Waals surface area contributed by atoms with Gasteiger partial charge in [0.25, 0.3) is 0 Å². The van der Waals surface area contributed by atoms with Crippen molar-refractivity contribution >= 4 is 11.3 Å². The monoisotopic (exact) mass is 332 g/mol. The van der Waals surface area contributed by atoms with Crippen molar-refractivity contribution in [3.8, 4) is 11.5 Å². The predicted molar refractivity (Wildman–Crippen MR) is 93.5 cm³/mol. The maximum absolute atomic E-state index is 5.79. The van der Waals surface area contributed by atoms with Gasteiger partial charge in [-0.05, 0) is 38.5 Å². The topological polar surface area (TPSA) is 43.4 Å². The van der Waals surface area contributed by atoms with Crippen LogP contribution < -0.4 is 14.8 Å². The van der Waals surface area contributed by atoms with E-state index in [1.54, 1.807) is 11.3 Å². The molecule has 2 aromatic rings. The average molecular weight is 332 g/mol. The Morgan fingerprint density at radius 1 is 1.43 bits per heavy atom. The molecule has 0 aliphatic carbocycles. The molecule has 3 rings (SSSR count). The van der Waals surface area contributed by atoms with Gasteiger partial charge in [-0.25, -0.2) is 4.98 Å². The second-order valence-corrected chi connectivity index (χ2v) is 6.67. The normalized spacial score (nSPS) is 18.1. The number of thiazole rings is 1. The van der Waals surface area contributed by atoms with Gasteiger partial charge in [0, 0.05) is 29.4 Å². The Morgan fingerprint density at radius 2 is 2.30 bits per heavy atom. The SMILES string of the molecule is CCOc1ccc2c(c1)C(NC(C)c1csc(CC)n1)CCO2. The van der Waals surface area contributed by atoms with Crippen LogP contribution in [-0.2, 0) is 6.42 Å². The van der Waals surface area contributed by atoms with E-state index in [9.17, 15) is 0 Å². The summed E-state index contributed by atoms with van der Waals surface area (Å²) in [5.74, 6) is 1.86. The van der Waals surface area contributed by atoms with Crippen LogP contribution in [0.2, 0.25) is 0 Å². The van der Waals surface area contributed by atoms with E-state index in [0.29, 0.717) is 6.61 Å². The van der Waals surface area contributed by atoms with Crippen LogP contribution in [0.3, 0.4) is 0 Å². The van der Waals surface area contributed by atoms with E-state index in [1.807, 2.05) is 19.1 Å². The summed E-state index contributed by atoms with van der Waals surface area (Å²) in [6.07, 6.45) is 1.95. The molecule has 2 atom stereocenters. The van der Waals surface area contributed by atoms with Crippen molar-refractivity contribution in [2.45, 2.75) is 45.7 Å². The molecule has 124 valence electrons. The first-order valence-corrected chi connectivity index (χ1v) is 9.19. The second-order valence-electron chi connectivity index (χ2n) is 5.73. The van der Waals surface area contributed by atoms with E-state index in [0.717, 1.165) is 36.6 Å². The first-order valence-electron chi connectivity index (χ1n) is 8.31. The Labute approximate surface area is 141 Å². The highest BCUT2D eigenvalue weighted by molar-refractivity contribution is 7.09. The van der Waals surface area contributed by atoms with Gasteiger partial charge in [-0.3, -0.25) is 0 Å². The van der Waals surface area contributed by atoms with Crippen LogP contribution in [0.15, 0.2) is 23.6 Å². The molecule has 1 aliphatic rings. The molecule has 2 heterocycles. The van der Waals surface area contributed by atoms with Gasteiger partial charge in [0.05, 0.1) is 23.9 Å². The molecule has 4 nitrogen and oxygen atoms in total. The van der Waals surface area contributed by atoms with Gasteiger partial charge in [0.2, 0.25) is 0 Å². The Balaban J connectivity index is 1.77. The van der Waals surface area contributed by atoms with Crippen molar-refractivity contribution in [3.05, 3.63) is 39.8 Å². The molecule has 0 bridgehead atoms. The maximum atomic E-state index is 5.79. The summed E-state index contributed by atoms with van der Waals surface area (Å²) in [5, 5.41) is 7.06. The summed E-state index contributed by atoms with van der Waals surface area (Å²) in [6, 6.07) is 6.57. The number of fused-ring (bicyclic) bond motifs is 1. The predicted octanol–water partition coefficient (Wildman–Crippen LogP) is 4.28. The van der Waals surface area contributed by atoms with Crippen LogP contribution >= 0.6 is 11.3 Å². The highest BCUT2D eigenvalue weighted by Gasteiger charge is 2.24. The summed E-state index contributed by atoms with van der Waals surface area (Å²) >= 11 is 1.74. The van der Waals surface area contributed by atoms with E-state index in [1.165, 1.54) is 10.6 Å². The third-order valence-corrected chi connectivity index (χ3v) is 5.11. The van der Waals surface area contributed by atoms with E-state index >= 15 is 0 Å². The van der Waals surface area contributed by atoms with Gasteiger partial charge in [-0.2, -0.15) is 0 Å². The molecule has 0 saturated heterocycles. The summed E-state index contributed by atoms with van der Waals surface area (Å²) in [7, 11) is 0. The summed E-state index contributed by atoms with van der Waals surface area (Å²) < 4.78 is 11.4. The van der Waals surface area contributed by atoms with E-state index < -0.39 is 0 Å². The van der Waals surface area contributed by atoms with Crippen molar-refractivity contribution in [2.75, 3.05) is 13.2 Å². The van der Waals surface area contributed by atoms with Crippen LogP contribution in [0.25, 0.3) is 0 Å². The summed E-state index contributed by atoms with van der Waals surface area (Å²) in [4.78, 5) is 4.70. The van der Waals surface area contributed by atoms with Crippen LogP contribution in [-0.4, -0.2) is 18.2 Å². The zero-order valence-corrected chi connectivity index (χ0v) is 14.8. The van der Waals surface area contributed by atoms with Crippen LogP contribution in [0.5, 0.6) is 11.5 Å². The fraction of sp³-hybridized carbons (Fsp3) is 0.500. The number of hydrogen-bond acceptors (Lipinski definition) is 5. The highest BCUT2D eigenvalue weighted by atomic mass is 32.1. The van der Waals surface area contributed by atoms with E-state index in [-0.39, 0.29) is 12.1 Å². The Hall–Kier alpha value is -1.59. The van der Waals surface area contributed by atoms with E-state index in [2.05, 4.69) is 30.6 Å². The number of ether oxygens (including phenoxy) is 2. The van der Waals surface area contributed by atoms with E-state index in [4.69, 9.17) is 14.5 Å². The van der Waals surface area contributed by atoms with Gasteiger partial charge in [-0.15, -0.1) is 11.3 Å². The minimum absolute atomic E-state index is 0.221. The number of aromatic nitrogens is 1. The standard InChI is InChI=1S/C18H24N2O2S/c1-4-18-20-16(11-23-18)12(3)19-15-8-9-22-17-7-6-13(21-5-2)10-14(15)17/h6-7,10-12,15,19H,4-5,8-9H2,1-3H3. The summed E-state index contributed by atoms with van der Waals surface area (Å²) in [5.41, 5.74) is 2.31. The second kappa shape index (κ2) is 7.32. The quantitative estimate of drug-likeness (QED) is 0.857. The highest BCUT2D eigenvalue weighted by Crippen LogP contribution is 2.36. The van der Waals surface area contributed by atoms with Gasteiger partial charge in [0.15, 0.2) is 0 Å². The lowest BCUT2D eigenvalue weighted by Gasteiger charge is -2.29. The Bertz CT molecular complexity index is 656. The molecule has 1 aromatic heterocycles. The number of aryl methyl sites for hydroxylation is 1. The molecule has 0 spiro atoms. The molecule has 0 fully saturated rings. The van der Waals surface area contributed by atoms with Crippen molar-refractivity contribution in [3.63, 3.8) is 0 Å². The van der Waals surface area contributed by atoms with Gasteiger partial charge in [-0.1, -0.05) is 6.92 Å². The number of nitrogens with zero attached hydrogens (tertiary/aromatic N) is 1. The van der Waals surface area contributed by atoms with Crippen LogP contribution in [0.1, 0.15) is 55.5 Å². The number of rotatable bonds is 6. The molecule has 1 aromatic carbocycles. The molecule has 0 radical (unpaired) electrons. The zero-order chi connectivity index (χ0) is 16.2. The molecule has 5 heteroatoms. The Morgan fingerprint density at radius 3 is 3.04 bits per heavy atom. The minimum Gasteiger partial charge on any atom is -0.494 e. The first-order chi connectivity index (χ1) is 11.2. The molecule has 0 amide bonds. The molecular formula is C18H24N2O2S. The average Bonchev–Trinajstić information content (AvgIpc) is 3.05. The third-order valence-electron chi connectivity index (χ3n) is 4.10. The largest absolute Gasteiger partial charge is 0.494 e. The Kier molecular flexibility index (Phi) is 5.18. The molecule has 1 aliphatic heterocycles. The fourth-order valence-electron chi connectivity index (χ4n) is 2.88. The van der Waals surface area contributed by atoms with Crippen molar-refractivity contribution in [1.29, 1.82) is 0 Å². The number of hydrogen-bond donors (Lipinski definition) is 1. The van der Waals surface area contributed by atoms with Gasteiger partial charge >= 0.3 is 0 Å². The van der Waals surface area contributed by atoms with Gasteiger partial charge < -0.3 is 14.8 Å². The molecular weight excluding hydrogens is 308 g/mol. The van der Waals surface area contributed by atoms with Crippen molar-refractivity contribution in [1.82, 2.24) is 10.3 Å². The van der Waals surface area contributed by atoms with Crippen LogP contribution in [0, 0.1) is 0 Å². The van der Waals surface area contributed by atoms with Gasteiger partial charge in [0.1, 0.15) is 11.5 Å². The molecule has 2 unspecified atom stereocenters. The lowest BCUT2D eigenvalue weighted by molar-refractivity contribution is 0.244. The molecule has 1 N–H and O–H groups in total. The summed E-state index contributed by atoms with van der Waals surface area (Å²) in [6.45, 7) is 7.73. The van der Waals surface area contributed by atoms with Crippen molar-refractivity contribution < 1.29 is 9.47 Å².